The highest BCUT2D eigenvalue weighted by molar-refractivity contribution is 5.91. The number of aromatic hydroxyl groups is 1. The van der Waals surface area contributed by atoms with Gasteiger partial charge in [0.05, 0.1) is 27.2 Å². The van der Waals surface area contributed by atoms with Crippen molar-refractivity contribution >= 4 is 11.9 Å². The first-order chi connectivity index (χ1) is 11.0. The minimum atomic E-state index is -1.22. The maximum atomic E-state index is 12.7. The van der Waals surface area contributed by atoms with Crippen LogP contribution in [0.4, 0.5) is 0 Å². The number of rotatable bonds is 4. The second kappa shape index (κ2) is 6.89. The summed E-state index contributed by atoms with van der Waals surface area (Å²) in [5.41, 5.74) is -0.758. The molecule has 1 saturated carbocycles. The average Bonchev–Trinajstić information content (AvgIpc) is 2.60. The Morgan fingerprint density at radius 1 is 1.17 bits per heavy atom. The van der Waals surface area contributed by atoms with E-state index in [1.165, 1.54) is 33.5 Å². The van der Waals surface area contributed by atoms with Gasteiger partial charge in [-0.3, -0.25) is 9.59 Å². The molecule has 0 aliphatic heterocycles. The second-order valence-corrected chi connectivity index (χ2v) is 5.67. The van der Waals surface area contributed by atoms with E-state index in [-0.39, 0.29) is 5.75 Å². The maximum Gasteiger partial charge on any atom is 0.317 e. The number of phenols is 1. The van der Waals surface area contributed by atoms with Crippen molar-refractivity contribution < 1.29 is 28.9 Å². The molecule has 0 heterocycles. The first kappa shape index (κ1) is 17.1. The third-order valence-corrected chi connectivity index (χ3v) is 4.61. The van der Waals surface area contributed by atoms with Crippen LogP contribution in [0.1, 0.15) is 31.2 Å². The van der Waals surface area contributed by atoms with Crippen LogP contribution in [0.5, 0.6) is 11.5 Å². The first-order valence-electron chi connectivity index (χ1n) is 7.55. The second-order valence-electron chi connectivity index (χ2n) is 5.67. The van der Waals surface area contributed by atoms with E-state index in [1.54, 1.807) is 6.07 Å². The molecule has 6 heteroatoms. The summed E-state index contributed by atoms with van der Waals surface area (Å²) in [6.07, 6.45) is 2.53. The van der Waals surface area contributed by atoms with Crippen LogP contribution in [0.15, 0.2) is 18.2 Å². The monoisotopic (exact) mass is 322 g/mol. The molecule has 0 amide bonds. The normalized spacial score (nSPS) is 23.9. The van der Waals surface area contributed by atoms with Gasteiger partial charge in [-0.15, -0.1) is 0 Å². The number of ether oxygens (including phenoxy) is 3. The Morgan fingerprint density at radius 2 is 1.91 bits per heavy atom. The van der Waals surface area contributed by atoms with Gasteiger partial charge in [0.2, 0.25) is 0 Å². The summed E-state index contributed by atoms with van der Waals surface area (Å²) >= 11 is 0. The van der Waals surface area contributed by atoms with Crippen molar-refractivity contribution in [3.8, 4) is 11.5 Å². The number of hydrogen-bond acceptors (Lipinski definition) is 6. The SMILES string of the molecule is COC(=O)C1CCCCC1(C(=O)OC)c1cc(O)ccc1OC. The first-order valence-corrected chi connectivity index (χ1v) is 7.55. The molecule has 0 spiro atoms. The fourth-order valence-electron chi connectivity index (χ4n) is 3.54. The fourth-order valence-corrected chi connectivity index (χ4v) is 3.54. The molecule has 126 valence electrons. The predicted octanol–water partition coefficient (Wildman–Crippen LogP) is 2.17. The van der Waals surface area contributed by atoms with E-state index in [2.05, 4.69) is 0 Å². The van der Waals surface area contributed by atoms with Crippen LogP contribution in [0.2, 0.25) is 0 Å². The molecule has 2 rings (SSSR count). The van der Waals surface area contributed by atoms with Crippen molar-refractivity contribution in [2.75, 3.05) is 21.3 Å². The molecule has 6 nitrogen and oxygen atoms in total. The third kappa shape index (κ3) is 2.85. The number of methoxy groups -OCH3 is 3. The van der Waals surface area contributed by atoms with E-state index in [0.717, 1.165) is 12.8 Å². The fraction of sp³-hybridized carbons (Fsp3) is 0.529. The summed E-state index contributed by atoms with van der Waals surface area (Å²) in [7, 11) is 4.08. The summed E-state index contributed by atoms with van der Waals surface area (Å²) in [5.74, 6) is -1.22. The Bertz CT molecular complexity index is 597. The summed E-state index contributed by atoms with van der Waals surface area (Å²) in [4.78, 5) is 25.1. The van der Waals surface area contributed by atoms with Crippen LogP contribution >= 0.6 is 0 Å². The molecule has 2 unspecified atom stereocenters. The Kier molecular flexibility index (Phi) is 5.13. The molecule has 0 bridgehead atoms. The summed E-state index contributed by atoms with van der Waals surface area (Å²) in [6.45, 7) is 0. The van der Waals surface area contributed by atoms with Crippen molar-refractivity contribution in [1.29, 1.82) is 0 Å². The zero-order valence-corrected chi connectivity index (χ0v) is 13.6. The van der Waals surface area contributed by atoms with E-state index in [0.29, 0.717) is 24.2 Å². The molecule has 2 atom stereocenters. The average molecular weight is 322 g/mol. The maximum absolute atomic E-state index is 12.7. The van der Waals surface area contributed by atoms with Crippen molar-refractivity contribution in [2.45, 2.75) is 31.1 Å². The van der Waals surface area contributed by atoms with Gasteiger partial charge in [-0.05, 0) is 31.0 Å². The molecular weight excluding hydrogens is 300 g/mol. The van der Waals surface area contributed by atoms with Gasteiger partial charge in [-0.25, -0.2) is 0 Å². The minimum absolute atomic E-state index is 0.00160. The molecule has 1 N–H and O–H groups in total. The van der Waals surface area contributed by atoms with E-state index >= 15 is 0 Å². The van der Waals surface area contributed by atoms with Gasteiger partial charge in [-0.2, -0.15) is 0 Å². The van der Waals surface area contributed by atoms with Crippen LogP contribution in [0.3, 0.4) is 0 Å². The highest BCUT2D eigenvalue weighted by Gasteiger charge is 2.54. The zero-order chi connectivity index (χ0) is 17.0. The largest absolute Gasteiger partial charge is 0.508 e. The lowest BCUT2D eigenvalue weighted by molar-refractivity contribution is -0.162. The van der Waals surface area contributed by atoms with Crippen LogP contribution in [0.25, 0.3) is 0 Å². The van der Waals surface area contributed by atoms with E-state index in [1.807, 2.05) is 0 Å². The third-order valence-electron chi connectivity index (χ3n) is 4.61. The van der Waals surface area contributed by atoms with Crippen molar-refractivity contribution in [2.24, 2.45) is 5.92 Å². The standard InChI is InChI=1S/C17H22O6/c1-21-14-8-7-11(18)10-13(14)17(16(20)23-3)9-5-4-6-12(17)15(19)22-2/h7-8,10,12,18H,4-6,9H2,1-3H3. The molecule has 1 aliphatic rings. The number of carbonyl (C=O) groups excluding carboxylic acids is 2. The topological polar surface area (TPSA) is 82.1 Å². The minimum Gasteiger partial charge on any atom is -0.508 e. The Morgan fingerprint density at radius 3 is 2.52 bits per heavy atom. The van der Waals surface area contributed by atoms with Crippen LogP contribution in [-0.4, -0.2) is 38.4 Å². The van der Waals surface area contributed by atoms with Gasteiger partial charge in [0.15, 0.2) is 0 Å². The van der Waals surface area contributed by atoms with Crippen molar-refractivity contribution in [3.63, 3.8) is 0 Å². The molecule has 1 aromatic carbocycles. The smallest absolute Gasteiger partial charge is 0.317 e. The molecule has 1 aliphatic carbocycles. The van der Waals surface area contributed by atoms with Gasteiger partial charge in [-0.1, -0.05) is 12.8 Å². The quantitative estimate of drug-likeness (QED) is 0.856. The number of benzene rings is 1. The van der Waals surface area contributed by atoms with Gasteiger partial charge >= 0.3 is 11.9 Å². The van der Waals surface area contributed by atoms with Gasteiger partial charge < -0.3 is 19.3 Å². The Labute approximate surface area is 135 Å². The molecule has 0 saturated heterocycles. The Balaban J connectivity index is 2.70. The highest BCUT2D eigenvalue weighted by atomic mass is 16.5. The summed E-state index contributed by atoms with van der Waals surface area (Å²) < 4.78 is 15.3. The molecule has 0 aromatic heterocycles. The van der Waals surface area contributed by atoms with E-state index in [9.17, 15) is 14.7 Å². The van der Waals surface area contributed by atoms with Crippen LogP contribution in [-0.2, 0) is 24.5 Å². The van der Waals surface area contributed by atoms with Crippen molar-refractivity contribution in [3.05, 3.63) is 23.8 Å². The molecule has 23 heavy (non-hydrogen) atoms. The molecular formula is C17H22O6. The van der Waals surface area contributed by atoms with E-state index < -0.39 is 23.3 Å². The summed E-state index contributed by atoms with van der Waals surface area (Å²) in [6, 6.07) is 4.53. The lowest BCUT2D eigenvalue weighted by atomic mass is 9.62. The van der Waals surface area contributed by atoms with E-state index in [4.69, 9.17) is 14.2 Å². The van der Waals surface area contributed by atoms with Gasteiger partial charge in [0, 0.05) is 5.56 Å². The Hall–Kier alpha value is -2.24. The predicted molar refractivity (Wildman–Crippen MR) is 82.3 cm³/mol. The molecule has 0 radical (unpaired) electrons. The van der Waals surface area contributed by atoms with Crippen LogP contribution < -0.4 is 4.74 Å². The highest BCUT2D eigenvalue weighted by Crippen LogP contribution is 2.49. The zero-order valence-electron chi connectivity index (χ0n) is 13.6. The van der Waals surface area contributed by atoms with Crippen LogP contribution in [0, 0.1) is 5.92 Å². The molecule has 1 fully saturated rings. The lowest BCUT2D eigenvalue weighted by Gasteiger charge is -2.41. The number of hydrogen-bond donors (Lipinski definition) is 1. The summed E-state index contributed by atoms with van der Waals surface area (Å²) in [5, 5.41) is 9.89. The number of phenolic OH excluding ortho intramolecular Hbond substituents is 1. The van der Waals surface area contributed by atoms with Crippen molar-refractivity contribution in [1.82, 2.24) is 0 Å². The number of esters is 2. The van der Waals surface area contributed by atoms with Gasteiger partial charge in [0.25, 0.3) is 0 Å². The van der Waals surface area contributed by atoms with Gasteiger partial charge in [0.1, 0.15) is 16.9 Å². The molecule has 1 aromatic rings. The number of carbonyl (C=O) groups is 2. The lowest BCUT2D eigenvalue weighted by Crippen LogP contribution is -2.49.